The number of thioether (sulfide) groups is 1. The number of nitrogens with one attached hydrogen (secondary N) is 1. The average Bonchev–Trinajstić information content (AvgIpc) is 2.61. The highest BCUT2D eigenvalue weighted by atomic mass is 32.2. The third-order valence-corrected chi connectivity index (χ3v) is 5.51. The van der Waals surface area contributed by atoms with Crippen LogP contribution >= 0.6 is 11.8 Å². The van der Waals surface area contributed by atoms with Gasteiger partial charge >= 0.3 is 0 Å². The van der Waals surface area contributed by atoms with Gasteiger partial charge in [0.2, 0.25) is 0 Å². The molecule has 1 heterocycles. The van der Waals surface area contributed by atoms with Gasteiger partial charge in [0.15, 0.2) is 0 Å². The molecule has 116 valence electrons. The lowest BCUT2D eigenvalue weighted by atomic mass is 10.1. The van der Waals surface area contributed by atoms with E-state index < -0.39 is 0 Å². The maximum atomic E-state index is 6.06. The first-order valence-corrected chi connectivity index (χ1v) is 8.88. The summed E-state index contributed by atoms with van der Waals surface area (Å²) in [4.78, 5) is 1.37. The molecule has 0 saturated carbocycles. The second-order valence-corrected chi connectivity index (χ2v) is 6.71. The van der Waals surface area contributed by atoms with Gasteiger partial charge in [0.1, 0.15) is 0 Å². The summed E-state index contributed by atoms with van der Waals surface area (Å²) < 4.78 is 6.06. The third kappa shape index (κ3) is 3.72. The second-order valence-electron chi connectivity index (χ2n) is 5.52. The number of benzene rings is 2. The van der Waals surface area contributed by atoms with E-state index in [0.29, 0.717) is 5.25 Å². The fourth-order valence-corrected chi connectivity index (χ4v) is 4.24. The minimum Gasteiger partial charge on any atom is -0.374 e. The first-order valence-electron chi connectivity index (χ1n) is 8.00. The Labute approximate surface area is 137 Å². The molecule has 0 spiro atoms. The van der Waals surface area contributed by atoms with Crippen molar-refractivity contribution in [2.45, 2.75) is 29.6 Å². The van der Waals surface area contributed by atoms with Crippen molar-refractivity contribution in [2.75, 3.05) is 19.7 Å². The van der Waals surface area contributed by atoms with Crippen molar-refractivity contribution in [1.29, 1.82) is 0 Å². The summed E-state index contributed by atoms with van der Waals surface area (Å²) >= 11 is 1.93. The zero-order chi connectivity index (χ0) is 15.2. The topological polar surface area (TPSA) is 21.3 Å². The van der Waals surface area contributed by atoms with Crippen LogP contribution in [0.5, 0.6) is 0 Å². The molecule has 2 atom stereocenters. The summed E-state index contributed by atoms with van der Waals surface area (Å²) in [6.45, 7) is 4.88. The van der Waals surface area contributed by atoms with Gasteiger partial charge in [-0.3, -0.25) is 0 Å². The van der Waals surface area contributed by atoms with Crippen molar-refractivity contribution in [2.24, 2.45) is 0 Å². The summed E-state index contributed by atoms with van der Waals surface area (Å²) in [7, 11) is 0. The molecule has 0 bridgehead atoms. The highest BCUT2D eigenvalue weighted by molar-refractivity contribution is 7.99. The van der Waals surface area contributed by atoms with Crippen molar-refractivity contribution >= 4 is 11.8 Å². The zero-order valence-corrected chi connectivity index (χ0v) is 13.8. The number of aryl methyl sites for hydroxylation is 1. The Kier molecular flexibility index (Phi) is 5.54. The fourth-order valence-electron chi connectivity index (χ4n) is 2.83. The van der Waals surface area contributed by atoms with Gasteiger partial charge in [-0.1, -0.05) is 55.5 Å². The molecule has 2 aromatic rings. The molecule has 3 heteroatoms. The molecule has 1 unspecified atom stereocenters. The van der Waals surface area contributed by atoms with Crippen LogP contribution in [0, 0.1) is 0 Å². The molecular weight excluding hydrogens is 290 g/mol. The van der Waals surface area contributed by atoms with Crippen LogP contribution in [0.4, 0.5) is 0 Å². The Morgan fingerprint density at radius 3 is 2.64 bits per heavy atom. The number of hydrogen-bond donors (Lipinski definition) is 1. The quantitative estimate of drug-likeness (QED) is 0.841. The lowest BCUT2D eigenvalue weighted by molar-refractivity contribution is 0.0273. The molecule has 2 aromatic carbocycles. The van der Waals surface area contributed by atoms with Gasteiger partial charge in [0.25, 0.3) is 0 Å². The Hall–Kier alpha value is -1.29. The van der Waals surface area contributed by atoms with Crippen LogP contribution in [0.3, 0.4) is 0 Å². The molecule has 0 radical (unpaired) electrons. The highest BCUT2D eigenvalue weighted by Gasteiger charge is 2.27. The first-order chi connectivity index (χ1) is 10.9. The van der Waals surface area contributed by atoms with Crippen LogP contribution in [-0.2, 0) is 11.2 Å². The molecule has 1 saturated heterocycles. The fraction of sp³-hybridized carbons (Fsp3) is 0.368. The van der Waals surface area contributed by atoms with Crippen LogP contribution in [0.1, 0.15) is 23.3 Å². The van der Waals surface area contributed by atoms with E-state index in [9.17, 15) is 0 Å². The van der Waals surface area contributed by atoms with Crippen molar-refractivity contribution in [3.63, 3.8) is 0 Å². The molecule has 0 amide bonds. The number of rotatable bonds is 5. The lowest BCUT2D eigenvalue weighted by Crippen LogP contribution is -2.41. The largest absolute Gasteiger partial charge is 0.374 e. The van der Waals surface area contributed by atoms with Crippen molar-refractivity contribution in [1.82, 2.24) is 5.32 Å². The Morgan fingerprint density at radius 2 is 1.91 bits per heavy atom. The van der Waals surface area contributed by atoms with Gasteiger partial charge in [0, 0.05) is 18.0 Å². The average molecular weight is 313 g/mol. The first kappa shape index (κ1) is 15.6. The SMILES string of the molecule is CCc1ccccc1S[C@H](c1ccccc1)C1CNCCO1. The van der Waals surface area contributed by atoms with Crippen molar-refractivity contribution in [3.05, 3.63) is 65.7 Å². The maximum Gasteiger partial charge on any atom is 0.0862 e. The maximum absolute atomic E-state index is 6.06. The summed E-state index contributed by atoms with van der Waals surface area (Å²) in [6.07, 6.45) is 1.28. The van der Waals surface area contributed by atoms with Gasteiger partial charge in [-0.05, 0) is 23.6 Å². The van der Waals surface area contributed by atoms with Crippen molar-refractivity contribution in [3.8, 4) is 0 Å². The molecule has 22 heavy (non-hydrogen) atoms. The summed E-state index contributed by atoms with van der Waals surface area (Å²) in [5.74, 6) is 0. The normalized spacial score (nSPS) is 19.8. The van der Waals surface area contributed by atoms with E-state index >= 15 is 0 Å². The number of morpholine rings is 1. The Bertz CT molecular complexity index is 581. The number of ether oxygens (including phenoxy) is 1. The lowest BCUT2D eigenvalue weighted by Gasteiger charge is -2.31. The van der Waals surface area contributed by atoms with Crippen LogP contribution in [0.15, 0.2) is 59.5 Å². The minimum atomic E-state index is 0.214. The van der Waals surface area contributed by atoms with Gasteiger partial charge in [-0.2, -0.15) is 0 Å². The summed E-state index contributed by atoms with van der Waals surface area (Å²) in [5, 5.41) is 3.78. The molecule has 1 aliphatic heterocycles. The molecule has 1 N–H and O–H groups in total. The highest BCUT2D eigenvalue weighted by Crippen LogP contribution is 2.40. The van der Waals surface area contributed by atoms with Crippen molar-refractivity contribution < 1.29 is 4.74 Å². The van der Waals surface area contributed by atoms with Gasteiger partial charge in [-0.15, -0.1) is 11.8 Å². The monoisotopic (exact) mass is 313 g/mol. The summed E-state index contributed by atoms with van der Waals surface area (Å²) in [6, 6.07) is 19.4. The molecule has 0 aliphatic carbocycles. The molecule has 0 aromatic heterocycles. The van der Waals surface area contributed by atoms with E-state index in [2.05, 4.69) is 66.8 Å². The summed E-state index contributed by atoms with van der Waals surface area (Å²) in [5.41, 5.74) is 2.75. The van der Waals surface area contributed by atoms with E-state index in [4.69, 9.17) is 4.74 Å². The second kappa shape index (κ2) is 7.82. The van der Waals surface area contributed by atoms with E-state index in [1.165, 1.54) is 16.0 Å². The van der Waals surface area contributed by atoms with Crippen LogP contribution in [-0.4, -0.2) is 25.8 Å². The zero-order valence-electron chi connectivity index (χ0n) is 13.0. The molecule has 1 fully saturated rings. The smallest absolute Gasteiger partial charge is 0.0862 e. The Morgan fingerprint density at radius 1 is 1.14 bits per heavy atom. The van der Waals surface area contributed by atoms with Gasteiger partial charge in [-0.25, -0.2) is 0 Å². The molecular formula is C19H23NOS. The van der Waals surface area contributed by atoms with E-state index in [1.54, 1.807) is 0 Å². The number of hydrogen-bond acceptors (Lipinski definition) is 3. The van der Waals surface area contributed by atoms with Crippen LogP contribution in [0.2, 0.25) is 0 Å². The Balaban J connectivity index is 1.88. The van der Waals surface area contributed by atoms with Gasteiger partial charge < -0.3 is 10.1 Å². The minimum absolute atomic E-state index is 0.214. The van der Waals surface area contributed by atoms with E-state index in [1.807, 2.05) is 11.8 Å². The van der Waals surface area contributed by atoms with Crippen LogP contribution < -0.4 is 5.32 Å². The predicted molar refractivity (Wildman–Crippen MR) is 93.5 cm³/mol. The molecule has 2 nitrogen and oxygen atoms in total. The van der Waals surface area contributed by atoms with Crippen LogP contribution in [0.25, 0.3) is 0 Å². The van der Waals surface area contributed by atoms with E-state index in [0.717, 1.165) is 26.1 Å². The van der Waals surface area contributed by atoms with Gasteiger partial charge in [0.05, 0.1) is 18.0 Å². The standard InChI is InChI=1S/C19H23NOS/c1-2-15-8-6-7-11-18(15)22-19(16-9-4-3-5-10-16)17-14-20-12-13-21-17/h3-11,17,19-20H,2,12-14H2,1H3/t17?,19-/m1/s1. The van der Waals surface area contributed by atoms with E-state index in [-0.39, 0.29) is 6.10 Å². The molecule has 3 rings (SSSR count). The molecule has 1 aliphatic rings. The third-order valence-electron chi connectivity index (χ3n) is 4.03. The predicted octanol–water partition coefficient (Wildman–Crippen LogP) is 4.07.